The Hall–Kier alpha value is -2.79. The maximum Gasteiger partial charge on any atom is 0.573 e. The molecule has 1 unspecified atom stereocenters. The first kappa shape index (κ1) is 26.3. The lowest BCUT2D eigenvalue weighted by Crippen LogP contribution is -2.46. The number of anilines is 1. The number of hydrogen-bond acceptors (Lipinski definition) is 5. The van der Waals surface area contributed by atoms with Gasteiger partial charge in [-0.2, -0.15) is 4.31 Å². The molecule has 7 nitrogen and oxygen atoms in total. The molecule has 2 aromatic rings. The highest BCUT2D eigenvalue weighted by Gasteiger charge is 2.50. The molecule has 1 amide bonds. The van der Waals surface area contributed by atoms with E-state index in [-0.39, 0.29) is 25.1 Å². The number of sulfonamides is 1. The molecule has 2 aliphatic heterocycles. The second kappa shape index (κ2) is 9.93. The number of alkyl halides is 3. The number of para-hydroxylation sites is 1. The molecule has 0 saturated carbocycles. The van der Waals surface area contributed by atoms with Crippen LogP contribution in [0.3, 0.4) is 0 Å². The molecule has 2 aliphatic rings. The molecule has 2 saturated heterocycles. The number of amides is 1. The second-order valence-electron chi connectivity index (χ2n) is 9.22. The standard InChI is InChI=1S/C25H29F3N2O5S/c1-3-18(2)34-20-10-8-19(9-11-20)30-17-14-24(23(30)31)12-15-29(16-13-24)36(32,33)22-7-5-4-6-21(22)35-25(26,27)28/h4-11,18H,3,12-17H2,1-2H3. The number of piperidine rings is 1. The fraction of sp³-hybridized carbons (Fsp3) is 0.480. The van der Waals surface area contributed by atoms with Gasteiger partial charge in [-0.3, -0.25) is 4.79 Å². The lowest BCUT2D eigenvalue weighted by atomic mass is 9.77. The SMILES string of the molecule is CCC(C)Oc1ccc(N2CCC3(CCN(S(=O)(=O)c4ccccc4OC(F)(F)F)CC3)C2=O)cc1. The first-order valence-corrected chi connectivity index (χ1v) is 13.3. The number of rotatable bonds is 7. The average molecular weight is 527 g/mol. The van der Waals surface area contributed by atoms with Crippen LogP contribution < -0.4 is 14.4 Å². The quantitative estimate of drug-likeness (QED) is 0.509. The van der Waals surface area contributed by atoms with Crippen molar-refractivity contribution in [3.63, 3.8) is 0 Å². The maximum absolute atomic E-state index is 13.4. The average Bonchev–Trinajstić information content (AvgIpc) is 3.14. The lowest BCUT2D eigenvalue weighted by Gasteiger charge is -2.37. The fourth-order valence-corrected chi connectivity index (χ4v) is 6.27. The van der Waals surface area contributed by atoms with Gasteiger partial charge in [0.1, 0.15) is 16.4 Å². The van der Waals surface area contributed by atoms with Crippen LogP contribution in [0.25, 0.3) is 0 Å². The van der Waals surface area contributed by atoms with Gasteiger partial charge in [0.15, 0.2) is 0 Å². The summed E-state index contributed by atoms with van der Waals surface area (Å²) in [5.74, 6) is -0.104. The van der Waals surface area contributed by atoms with Crippen LogP contribution in [0, 0.1) is 5.41 Å². The molecule has 2 fully saturated rings. The monoisotopic (exact) mass is 526 g/mol. The summed E-state index contributed by atoms with van der Waals surface area (Å²) >= 11 is 0. The maximum atomic E-state index is 13.4. The molecule has 0 aromatic heterocycles. The van der Waals surface area contributed by atoms with E-state index in [0.717, 1.165) is 34.3 Å². The Labute approximate surface area is 208 Å². The lowest BCUT2D eigenvalue weighted by molar-refractivity contribution is -0.275. The molecule has 0 bridgehead atoms. The Balaban J connectivity index is 1.45. The van der Waals surface area contributed by atoms with E-state index in [1.54, 1.807) is 4.90 Å². The highest BCUT2D eigenvalue weighted by molar-refractivity contribution is 7.89. The minimum Gasteiger partial charge on any atom is -0.491 e. The molecule has 1 atom stereocenters. The Morgan fingerprint density at radius 3 is 2.22 bits per heavy atom. The molecular formula is C25H29F3N2O5S. The van der Waals surface area contributed by atoms with Crippen molar-refractivity contribution >= 4 is 21.6 Å². The van der Waals surface area contributed by atoms with Crippen LogP contribution in [-0.4, -0.2) is 50.7 Å². The fourth-order valence-electron chi connectivity index (χ4n) is 4.72. The highest BCUT2D eigenvalue weighted by Crippen LogP contribution is 2.44. The summed E-state index contributed by atoms with van der Waals surface area (Å²) in [5, 5.41) is 0. The predicted molar refractivity (Wildman–Crippen MR) is 127 cm³/mol. The summed E-state index contributed by atoms with van der Waals surface area (Å²) in [5.41, 5.74) is 0.0570. The van der Waals surface area contributed by atoms with Gasteiger partial charge in [-0.15, -0.1) is 13.2 Å². The van der Waals surface area contributed by atoms with Gasteiger partial charge in [-0.1, -0.05) is 19.1 Å². The van der Waals surface area contributed by atoms with Crippen LogP contribution in [0.2, 0.25) is 0 Å². The highest BCUT2D eigenvalue weighted by atomic mass is 32.2. The van der Waals surface area contributed by atoms with Crippen molar-refractivity contribution in [2.24, 2.45) is 5.41 Å². The summed E-state index contributed by atoms with van der Waals surface area (Å²) in [6, 6.07) is 12.0. The summed E-state index contributed by atoms with van der Waals surface area (Å²) in [4.78, 5) is 14.6. The van der Waals surface area contributed by atoms with Gasteiger partial charge in [0, 0.05) is 25.3 Å². The predicted octanol–water partition coefficient (Wildman–Crippen LogP) is 4.97. The zero-order valence-electron chi connectivity index (χ0n) is 20.1. The third-order valence-corrected chi connectivity index (χ3v) is 8.88. The van der Waals surface area contributed by atoms with E-state index in [4.69, 9.17) is 4.74 Å². The zero-order chi connectivity index (χ0) is 26.1. The summed E-state index contributed by atoms with van der Waals surface area (Å²) in [7, 11) is -4.24. The molecular weight excluding hydrogens is 497 g/mol. The van der Waals surface area contributed by atoms with Gasteiger partial charge in [0.05, 0.1) is 11.5 Å². The first-order valence-electron chi connectivity index (χ1n) is 11.9. The van der Waals surface area contributed by atoms with Gasteiger partial charge in [-0.05, 0) is 69.0 Å². The van der Waals surface area contributed by atoms with Crippen molar-refractivity contribution in [1.82, 2.24) is 4.31 Å². The van der Waals surface area contributed by atoms with E-state index in [9.17, 15) is 26.4 Å². The van der Waals surface area contributed by atoms with Crippen molar-refractivity contribution in [1.29, 1.82) is 0 Å². The Bertz CT molecular complexity index is 1190. The van der Waals surface area contributed by atoms with Crippen LogP contribution in [0.5, 0.6) is 11.5 Å². The number of ether oxygens (including phenoxy) is 2. The molecule has 36 heavy (non-hydrogen) atoms. The van der Waals surface area contributed by atoms with E-state index in [2.05, 4.69) is 4.74 Å². The van der Waals surface area contributed by atoms with Gasteiger partial charge < -0.3 is 14.4 Å². The van der Waals surface area contributed by atoms with Gasteiger partial charge in [0.2, 0.25) is 15.9 Å². The number of benzene rings is 2. The molecule has 2 aromatic carbocycles. The minimum atomic E-state index is -5.02. The van der Waals surface area contributed by atoms with Gasteiger partial charge >= 0.3 is 6.36 Å². The first-order chi connectivity index (χ1) is 16.9. The van der Waals surface area contributed by atoms with Gasteiger partial charge in [0.25, 0.3) is 0 Å². The Morgan fingerprint density at radius 2 is 1.61 bits per heavy atom. The van der Waals surface area contributed by atoms with Crippen LogP contribution in [0.15, 0.2) is 53.4 Å². The Kier molecular flexibility index (Phi) is 7.25. The second-order valence-corrected chi connectivity index (χ2v) is 11.1. The van der Waals surface area contributed by atoms with Crippen LogP contribution in [0.1, 0.15) is 39.5 Å². The van der Waals surface area contributed by atoms with Crippen molar-refractivity contribution in [3.05, 3.63) is 48.5 Å². The third kappa shape index (κ3) is 5.31. The van der Waals surface area contributed by atoms with E-state index in [1.807, 2.05) is 38.1 Å². The van der Waals surface area contributed by atoms with Crippen LogP contribution >= 0.6 is 0 Å². The third-order valence-electron chi connectivity index (χ3n) is 6.95. The topological polar surface area (TPSA) is 76.2 Å². The summed E-state index contributed by atoms with van der Waals surface area (Å²) in [6.07, 6.45) is -2.89. The number of hydrogen-bond donors (Lipinski definition) is 0. The zero-order valence-corrected chi connectivity index (χ0v) is 20.9. The van der Waals surface area contributed by atoms with Crippen LogP contribution in [0.4, 0.5) is 18.9 Å². The van der Waals surface area contributed by atoms with Crippen molar-refractivity contribution in [2.45, 2.75) is 56.9 Å². The number of carbonyl (C=O) groups excluding carboxylic acids is 1. The molecule has 1 spiro atoms. The summed E-state index contributed by atoms with van der Waals surface area (Å²) < 4.78 is 75.6. The van der Waals surface area contributed by atoms with Crippen molar-refractivity contribution in [3.8, 4) is 11.5 Å². The minimum absolute atomic E-state index is 0.0317. The van der Waals surface area contributed by atoms with E-state index < -0.39 is 32.4 Å². The van der Waals surface area contributed by atoms with Crippen molar-refractivity contribution in [2.75, 3.05) is 24.5 Å². The van der Waals surface area contributed by atoms with E-state index >= 15 is 0 Å². The Morgan fingerprint density at radius 1 is 1.00 bits per heavy atom. The normalized spacial score (nSPS) is 19.5. The molecule has 0 radical (unpaired) electrons. The smallest absolute Gasteiger partial charge is 0.491 e. The molecule has 0 N–H and O–H groups in total. The van der Waals surface area contributed by atoms with Gasteiger partial charge in [-0.25, -0.2) is 8.42 Å². The molecule has 196 valence electrons. The number of nitrogens with zero attached hydrogens (tertiary/aromatic N) is 2. The molecule has 2 heterocycles. The van der Waals surface area contributed by atoms with Crippen LogP contribution in [-0.2, 0) is 14.8 Å². The van der Waals surface area contributed by atoms with E-state index in [1.165, 1.54) is 12.1 Å². The molecule has 4 rings (SSSR count). The number of carbonyl (C=O) groups is 1. The van der Waals surface area contributed by atoms with Crippen molar-refractivity contribution < 1.29 is 35.9 Å². The number of halogens is 3. The molecule has 11 heteroatoms. The largest absolute Gasteiger partial charge is 0.573 e. The molecule has 0 aliphatic carbocycles. The summed E-state index contributed by atoms with van der Waals surface area (Å²) in [6.45, 7) is 4.59. The van der Waals surface area contributed by atoms with E-state index in [0.29, 0.717) is 25.8 Å².